The Morgan fingerprint density at radius 2 is 2.32 bits per heavy atom. The summed E-state index contributed by atoms with van der Waals surface area (Å²) in [6.07, 6.45) is 6.90. The van der Waals surface area contributed by atoms with Crippen molar-refractivity contribution in [2.45, 2.75) is 49.5 Å². The van der Waals surface area contributed by atoms with E-state index in [-0.39, 0.29) is 11.8 Å². The van der Waals surface area contributed by atoms with Crippen LogP contribution < -0.4 is 11.1 Å². The highest BCUT2D eigenvalue weighted by atomic mass is 127. The standard InChI is InChI=1S/C15H21IN2O4/c1-13-10(7-8-16)11(19)18-14(13,12(20)22-13)15(17,21)9-5-3-2-4-6-9/h3,5,9-10,21H,2,4,6-8,17H2,1H3,(H,18,19)/t9-,10+,13+,14+,15+/m1/s1. The van der Waals surface area contributed by atoms with Gasteiger partial charge in [-0.3, -0.25) is 4.79 Å². The summed E-state index contributed by atoms with van der Waals surface area (Å²) in [4.78, 5) is 24.7. The summed E-state index contributed by atoms with van der Waals surface area (Å²) < 4.78 is 6.13. The molecule has 0 radical (unpaired) electrons. The number of allylic oxidation sites excluding steroid dienone is 1. The van der Waals surface area contributed by atoms with Crippen molar-refractivity contribution in [3.05, 3.63) is 12.2 Å². The van der Waals surface area contributed by atoms with E-state index < -0.39 is 28.8 Å². The first-order valence-corrected chi connectivity index (χ1v) is 9.13. The lowest BCUT2D eigenvalue weighted by Crippen LogP contribution is -2.87. The second kappa shape index (κ2) is 5.17. The molecule has 0 spiro atoms. The van der Waals surface area contributed by atoms with Gasteiger partial charge in [0.2, 0.25) is 11.4 Å². The largest absolute Gasteiger partial charge is 0.453 e. The van der Waals surface area contributed by atoms with Crippen LogP contribution in [-0.4, -0.2) is 38.3 Å². The molecule has 0 unspecified atom stereocenters. The van der Waals surface area contributed by atoms with E-state index in [4.69, 9.17) is 10.5 Å². The maximum absolute atomic E-state index is 12.4. The molecule has 1 aliphatic carbocycles. The third-order valence-electron chi connectivity index (χ3n) is 5.47. The van der Waals surface area contributed by atoms with Gasteiger partial charge in [-0.05, 0) is 32.6 Å². The lowest BCUT2D eigenvalue weighted by molar-refractivity contribution is -0.258. The van der Waals surface area contributed by atoms with E-state index in [9.17, 15) is 14.7 Å². The van der Waals surface area contributed by atoms with Crippen molar-refractivity contribution in [2.24, 2.45) is 17.6 Å². The number of hydrogen-bond acceptors (Lipinski definition) is 5. The number of amides is 1. The van der Waals surface area contributed by atoms with Crippen LogP contribution in [0.1, 0.15) is 32.6 Å². The molecule has 1 amide bonds. The number of fused-ring (bicyclic) bond motifs is 1. The molecule has 7 heteroatoms. The summed E-state index contributed by atoms with van der Waals surface area (Å²) in [6.45, 7) is 1.70. The molecule has 5 atom stereocenters. The topological polar surface area (TPSA) is 102 Å². The van der Waals surface area contributed by atoms with Crippen molar-refractivity contribution in [3.8, 4) is 0 Å². The van der Waals surface area contributed by atoms with Gasteiger partial charge in [0.1, 0.15) is 0 Å². The molecule has 3 aliphatic rings. The van der Waals surface area contributed by atoms with Gasteiger partial charge in [0.05, 0.1) is 5.92 Å². The lowest BCUT2D eigenvalue weighted by atomic mass is 9.61. The number of nitrogens with two attached hydrogens (primary N) is 1. The normalized spacial score (nSPS) is 42.9. The van der Waals surface area contributed by atoms with Crippen LogP contribution >= 0.6 is 22.6 Å². The van der Waals surface area contributed by atoms with Crippen molar-refractivity contribution in [3.63, 3.8) is 0 Å². The van der Waals surface area contributed by atoms with Crippen LogP contribution in [0.4, 0.5) is 0 Å². The molecule has 3 rings (SSSR count). The third kappa shape index (κ3) is 1.78. The monoisotopic (exact) mass is 420 g/mol. The SMILES string of the molecule is C[C@@]12OC(=O)[C@]1([C@@](N)(O)[C@@H]1C=CCCC1)NC(=O)[C@@H]2CCI. The first kappa shape index (κ1) is 16.2. The van der Waals surface area contributed by atoms with Gasteiger partial charge < -0.3 is 20.9 Å². The van der Waals surface area contributed by atoms with Gasteiger partial charge in [-0.25, -0.2) is 4.79 Å². The Kier molecular flexibility index (Phi) is 3.81. The predicted octanol–water partition coefficient (Wildman–Crippen LogP) is 0.615. The fourth-order valence-corrected chi connectivity index (χ4v) is 4.79. The van der Waals surface area contributed by atoms with E-state index in [0.717, 1.165) is 17.3 Å². The molecule has 0 aromatic heterocycles. The van der Waals surface area contributed by atoms with Crippen molar-refractivity contribution < 1.29 is 19.4 Å². The fraction of sp³-hybridized carbons (Fsp3) is 0.733. The average molecular weight is 420 g/mol. The number of nitrogens with one attached hydrogen (secondary N) is 1. The molecular weight excluding hydrogens is 399 g/mol. The van der Waals surface area contributed by atoms with Crippen molar-refractivity contribution in [1.82, 2.24) is 5.32 Å². The molecule has 2 saturated heterocycles. The number of hydrogen-bond donors (Lipinski definition) is 3. The molecular formula is C15H21IN2O4. The molecule has 22 heavy (non-hydrogen) atoms. The highest BCUT2D eigenvalue weighted by Gasteiger charge is 2.83. The quantitative estimate of drug-likeness (QED) is 0.204. The van der Waals surface area contributed by atoms with Crippen molar-refractivity contribution in [2.75, 3.05) is 4.43 Å². The second-order valence-corrected chi connectivity index (χ2v) is 7.64. The molecule has 2 fully saturated rings. The first-order valence-electron chi connectivity index (χ1n) is 7.60. The van der Waals surface area contributed by atoms with Crippen LogP contribution in [-0.2, 0) is 14.3 Å². The number of carbonyl (C=O) groups is 2. The zero-order valence-corrected chi connectivity index (χ0v) is 14.6. The molecule has 2 aliphatic heterocycles. The van der Waals surface area contributed by atoms with Gasteiger partial charge in [0.25, 0.3) is 0 Å². The van der Waals surface area contributed by atoms with E-state index in [1.165, 1.54) is 0 Å². The van der Waals surface area contributed by atoms with E-state index >= 15 is 0 Å². The van der Waals surface area contributed by atoms with Gasteiger partial charge in [0.15, 0.2) is 11.3 Å². The molecule has 2 heterocycles. The van der Waals surface area contributed by atoms with Gasteiger partial charge in [0, 0.05) is 10.3 Å². The van der Waals surface area contributed by atoms with Crippen LogP contribution in [0.15, 0.2) is 12.2 Å². The molecule has 6 nitrogen and oxygen atoms in total. The van der Waals surface area contributed by atoms with Crippen molar-refractivity contribution >= 4 is 34.5 Å². The number of carbonyl (C=O) groups excluding carboxylic acids is 2. The number of alkyl halides is 1. The number of halogens is 1. The summed E-state index contributed by atoms with van der Waals surface area (Å²) in [5, 5.41) is 13.8. The Labute approximate surface area is 143 Å². The summed E-state index contributed by atoms with van der Waals surface area (Å²) >= 11 is 2.18. The van der Waals surface area contributed by atoms with Crippen LogP contribution in [0.3, 0.4) is 0 Å². The first-order chi connectivity index (χ1) is 10.3. The van der Waals surface area contributed by atoms with Crippen molar-refractivity contribution in [1.29, 1.82) is 0 Å². The highest BCUT2D eigenvalue weighted by molar-refractivity contribution is 14.1. The smallest absolute Gasteiger partial charge is 0.341 e. The number of aliphatic hydroxyl groups is 1. The molecule has 122 valence electrons. The molecule has 0 aromatic rings. The molecule has 4 N–H and O–H groups in total. The Balaban J connectivity index is 2.03. The van der Waals surface area contributed by atoms with Gasteiger partial charge in [-0.15, -0.1) is 0 Å². The third-order valence-corrected chi connectivity index (χ3v) is 6.09. The Hall–Kier alpha value is -0.670. The van der Waals surface area contributed by atoms with Crippen LogP contribution in [0.5, 0.6) is 0 Å². The number of esters is 1. The van der Waals surface area contributed by atoms with Gasteiger partial charge in [-0.1, -0.05) is 34.7 Å². The Morgan fingerprint density at radius 1 is 1.59 bits per heavy atom. The minimum atomic E-state index is -1.86. The average Bonchev–Trinajstić information content (AvgIpc) is 2.66. The van der Waals surface area contributed by atoms with Gasteiger partial charge >= 0.3 is 5.97 Å². The number of rotatable bonds is 4. The second-order valence-electron chi connectivity index (χ2n) is 6.56. The number of ether oxygens (including phenoxy) is 1. The van der Waals surface area contributed by atoms with E-state index in [2.05, 4.69) is 27.9 Å². The highest BCUT2D eigenvalue weighted by Crippen LogP contribution is 2.55. The summed E-state index contributed by atoms with van der Waals surface area (Å²) in [5.41, 5.74) is 1.75. The van der Waals surface area contributed by atoms with E-state index in [1.54, 1.807) is 6.92 Å². The molecule has 0 saturated carbocycles. The predicted molar refractivity (Wildman–Crippen MR) is 88.0 cm³/mol. The Bertz CT molecular complexity index is 550. The zero-order chi connectivity index (χ0) is 16.2. The Morgan fingerprint density at radius 3 is 2.86 bits per heavy atom. The molecule has 0 aromatic carbocycles. The van der Waals surface area contributed by atoms with E-state index in [0.29, 0.717) is 12.8 Å². The molecule has 0 bridgehead atoms. The summed E-state index contributed by atoms with van der Waals surface area (Å²) in [6, 6.07) is 0. The minimum absolute atomic E-state index is 0.270. The fourth-order valence-electron chi connectivity index (χ4n) is 4.17. The summed E-state index contributed by atoms with van der Waals surface area (Å²) in [5.74, 6) is -1.77. The zero-order valence-electron chi connectivity index (χ0n) is 12.5. The van der Waals surface area contributed by atoms with Gasteiger partial charge in [-0.2, -0.15) is 0 Å². The lowest BCUT2D eigenvalue weighted by Gasteiger charge is -2.58. The maximum atomic E-state index is 12.4. The van der Waals surface area contributed by atoms with Crippen LogP contribution in [0, 0.1) is 11.8 Å². The van der Waals surface area contributed by atoms with Crippen LogP contribution in [0.2, 0.25) is 0 Å². The minimum Gasteiger partial charge on any atom is -0.453 e. The van der Waals surface area contributed by atoms with E-state index in [1.807, 2.05) is 12.2 Å². The summed E-state index contributed by atoms with van der Waals surface area (Å²) in [7, 11) is 0. The maximum Gasteiger partial charge on any atom is 0.341 e. The van der Waals surface area contributed by atoms with Crippen LogP contribution in [0.25, 0.3) is 0 Å².